The van der Waals surface area contributed by atoms with Crippen LogP contribution in [0.3, 0.4) is 0 Å². The van der Waals surface area contributed by atoms with Gasteiger partial charge in [0.15, 0.2) is 0 Å². The maximum absolute atomic E-state index is 13.9. The molecule has 2 atom stereocenters. The maximum atomic E-state index is 13.9. The molecule has 0 aliphatic carbocycles. The lowest BCUT2D eigenvalue weighted by Gasteiger charge is -2.24. The summed E-state index contributed by atoms with van der Waals surface area (Å²) in [4.78, 5) is 24.7. The SMILES string of the molecule is CC(C)(C)OC(=O)N1C[C@@H](C=O)[C@H](c2ccc(F)cc2F)C1. The van der Waals surface area contributed by atoms with Gasteiger partial charge in [0, 0.05) is 31.0 Å². The van der Waals surface area contributed by atoms with Crippen molar-refractivity contribution in [2.24, 2.45) is 5.92 Å². The van der Waals surface area contributed by atoms with Crippen molar-refractivity contribution in [3.63, 3.8) is 0 Å². The molecule has 0 saturated carbocycles. The number of rotatable bonds is 2. The van der Waals surface area contributed by atoms with Crippen LogP contribution < -0.4 is 0 Å². The number of aldehydes is 1. The van der Waals surface area contributed by atoms with Crippen LogP contribution in [0.4, 0.5) is 13.6 Å². The third kappa shape index (κ3) is 3.61. The smallest absolute Gasteiger partial charge is 0.410 e. The second-order valence-corrected chi connectivity index (χ2v) is 6.46. The van der Waals surface area contributed by atoms with Gasteiger partial charge in [0.1, 0.15) is 23.5 Å². The first-order chi connectivity index (χ1) is 10.2. The zero-order valence-electron chi connectivity index (χ0n) is 12.8. The second kappa shape index (κ2) is 6.02. The largest absolute Gasteiger partial charge is 0.444 e. The third-order valence-electron chi connectivity index (χ3n) is 3.55. The maximum Gasteiger partial charge on any atom is 0.410 e. The van der Waals surface area contributed by atoms with Gasteiger partial charge in [0.05, 0.1) is 0 Å². The summed E-state index contributed by atoms with van der Waals surface area (Å²) < 4.78 is 32.2. The Morgan fingerprint density at radius 1 is 1.32 bits per heavy atom. The minimum absolute atomic E-state index is 0.167. The molecular weight excluding hydrogens is 292 g/mol. The van der Waals surface area contributed by atoms with Crippen molar-refractivity contribution < 1.29 is 23.1 Å². The molecule has 0 bridgehead atoms. The van der Waals surface area contributed by atoms with Gasteiger partial charge in [0.2, 0.25) is 0 Å². The van der Waals surface area contributed by atoms with Gasteiger partial charge in [-0.1, -0.05) is 6.07 Å². The normalized spacial score (nSPS) is 21.8. The van der Waals surface area contributed by atoms with Crippen molar-refractivity contribution in [1.29, 1.82) is 0 Å². The average molecular weight is 311 g/mol. The third-order valence-corrected chi connectivity index (χ3v) is 3.55. The van der Waals surface area contributed by atoms with Crippen LogP contribution >= 0.6 is 0 Å². The number of halogens is 2. The highest BCUT2D eigenvalue weighted by molar-refractivity contribution is 5.70. The number of ether oxygens (including phenoxy) is 1. The molecule has 0 N–H and O–H groups in total. The predicted molar refractivity (Wildman–Crippen MR) is 76.5 cm³/mol. The highest BCUT2D eigenvalue weighted by atomic mass is 19.1. The van der Waals surface area contributed by atoms with Gasteiger partial charge in [-0.25, -0.2) is 13.6 Å². The number of hydrogen-bond donors (Lipinski definition) is 0. The summed E-state index contributed by atoms with van der Waals surface area (Å²) >= 11 is 0. The average Bonchev–Trinajstić information content (AvgIpc) is 2.80. The van der Waals surface area contributed by atoms with Crippen LogP contribution in [0.1, 0.15) is 32.3 Å². The Bertz CT molecular complexity index is 583. The Morgan fingerprint density at radius 2 is 2.00 bits per heavy atom. The van der Waals surface area contributed by atoms with Crippen LogP contribution in [0, 0.1) is 17.6 Å². The number of benzene rings is 1. The molecule has 0 radical (unpaired) electrons. The van der Waals surface area contributed by atoms with E-state index in [1.165, 1.54) is 11.0 Å². The Hall–Kier alpha value is -1.98. The van der Waals surface area contributed by atoms with Crippen LogP contribution in [0.5, 0.6) is 0 Å². The molecule has 0 aromatic heterocycles. The molecule has 4 nitrogen and oxygen atoms in total. The summed E-state index contributed by atoms with van der Waals surface area (Å²) in [5.74, 6) is -2.41. The number of carbonyl (C=O) groups excluding carboxylic acids is 2. The van der Waals surface area contributed by atoms with Crippen molar-refractivity contribution in [1.82, 2.24) is 4.90 Å². The highest BCUT2D eigenvalue weighted by Crippen LogP contribution is 2.34. The highest BCUT2D eigenvalue weighted by Gasteiger charge is 2.38. The van der Waals surface area contributed by atoms with Crippen LogP contribution in [0.15, 0.2) is 18.2 Å². The molecule has 1 fully saturated rings. The van der Waals surface area contributed by atoms with Gasteiger partial charge in [-0.2, -0.15) is 0 Å². The number of nitrogens with zero attached hydrogens (tertiary/aromatic N) is 1. The van der Waals surface area contributed by atoms with Crippen LogP contribution in [0.25, 0.3) is 0 Å². The summed E-state index contributed by atoms with van der Waals surface area (Å²) in [6.45, 7) is 5.57. The number of likely N-dealkylation sites (tertiary alicyclic amines) is 1. The molecule has 1 aliphatic rings. The van der Waals surface area contributed by atoms with Crippen LogP contribution in [0.2, 0.25) is 0 Å². The van der Waals surface area contributed by atoms with Crippen LogP contribution in [-0.4, -0.2) is 36.0 Å². The van der Waals surface area contributed by atoms with Crippen molar-refractivity contribution in [2.45, 2.75) is 32.3 Å². The first-order valence-electron chi connectivity index (χ1n) is 7.09. The standard InChI is InChI=1S/C16H19F2NO3/c1-16(2,3)22-15(21)19-7-10(9-20)13(8-19)12-5-4-11(17)6-14(12)18/h4-6,9-10,13H,7-8H2,1-3H3/t10-,13+/m0/s1. The number of carbonyl (C=O) groups is 2. The van der Waals surface area contributed by atoms with Gasteiger partial charge < -0.3 is 14.4 Å². The monoisotopic (exact) mass is 311 g/mol. The Kier molecular flexibility index (Phi) is 4.49. The first-order valence-corrected chi connectivity index (χ1v) is 7.09. The lowest BCUT2D eigenvalue weighted by molar-refractivity contribution is -0.111. The summed E-state index contributed by atoms with van der Waals surface area (Å²) in [5.41, 5.74) is -0.406. The zero-order valence-corrected chi connectivity index (χ0v) is 12.8. The van der Waals surface area contributed by atoms with Crippen molar-refractivity contribution in [3.05, 3.63) is 35.4 Å². The fraction of sp³-hybridized carbons (Fsp3) is 0.500. The number of hydrogen-bond acceptors (Lipinski definition) is 3. The van der Waals surface area contributed by atoms with Crippen molar-refractivity contribution >= 4 is 12.4 Å². The molecule has 2 rings (SSSR count). The molecule has 1 aromatic rings. The second-order valence-electron chi connectivity index (χ2n) is 6.46. The minimum atomic E-state index is -0.706. The molecule has 1 aliphatic heterocycles. The van der Waals surface area contributed by atoms with E-state index in [1.807, 2.05) is 0 Å². The molecule has 1 saturated heterocycles. The summed E-state index contributed by atoms with van der Waals surface area (Å²) in [5, 5.41) is 0. The van der Waals surface area contributed by atoms with Gasteiger partial charge in [-0.05, 0) is 32.4 Å². The predicted octanol–water partition coefficient (Wildman–Crippen LogP) is 3.11. The molecule has 1 aromatic carbocycles. The molecular formula is C16H19F2NO3. The van der Waals surface area contributed by atoms with E-state index in [1.54, 1.807) is 20.8 Å². The zero-order chi connectivity index (χ0) is 16.5. The van der Waals surface area contributed by atoms with E-state index in [9.17, 15) is 18.4 Å². The number of amides is 1. The quantitative estimate of drug-likeness (QED) is 0.788. The lowest BCUT2D eigenvalue weighted by atomic mass is 9.89. The van der Waals surface area contributed by atoms with E-state index in [0.29, 0.717) is 6.29 Å². The summed E-state index contributed by atoms with van der Waals surface area (Å²) in [7, 11) is 0. The van der Waals surface area contributed by atoms with E-state index in [0.717, 1.165) is 12.1 Å². The molecule has 0 unspecified atom stereocenters. The molecule has 120 valence electrons. The van der Waals surface area contributed by atoms with E-state index in [4.69, 9.17) is 4.74 Å². The van der Waals surface area contributed by atoms with Crippen LogP contribution in [-0.2, 0) is 9.53 Å². The lowest BCUT2D eigenvalue weighted by Crippen LogP contribution is -2.35. The molecule has 0 spiro atoms. The summed E-state index contributed by atoms with van der Waals surface area (Å²) in [6.07, 6.45) is 0.169. The van der Waals surface area contributed by atoms with E-state index in [2.05, 4.69) is 0 Å². The molecule has 1 amide bonds. The summed E-state index contributed by atoms with van der Waals surface area (Å²) in [6, 6.07) is 3.26. The van der Waals surface area contributed by atoms with Crippen molar-refractivity contribution in [2.75, 3.05) is 13.1 Å². The Labute approximate surface area is 128 Å². The Morgan fingerprint density at radius 3 is 2.55 bits per heavy atom. The molecule has 6 heteroatoms. The molecule has 1 heterocycles. The minimum Gasteiger partial charge on any atom is -0.444 e. The van der Waals surface area contributed by atoms with Crippen molar-refractivity contribution in [3.8, 4) is 0 Å². The van der Waals surface area contributed by atoms with Gasteiger partial charge in [-0.3, -0.25) is 0 Å². The first kappa shape index (κ1) is 16.4. The topological polar surface area (TPSA) is 46.6 Å². The Balaban J connectivity index is 2.19. The van der Waals surface area contributed by atoms with E-state index < -0.39 is 35.2 Å². The van der Waals surface area contributed by atoms with E-state index >= 15 is 0 Å². The van der Waals surface area contributed by atoms with Gasteiger partial charge in [-0.15, -0.1) is 0 Å². The van der Waals surface area contributed by atoms with Gasteiger partial charge >= 0.3 is 6.09 Å². The fourth-order valence-electron chi connectivity index (χ4n) is 2.57. The fourth-order valence-corrected chi connectivity index (χ4v) is 2.57. The van der Waals surface area contributed by atoms with Gasteiger partial charge in [0.25, 0.3) is 0 Å². The molecule has 22 heavy (non-hydrogen) atoms. The van der Waals surface area contributed by atoms with E-state index in [-0.39, 0.29) is 18.7 Å².